The van der Waals surface area contributed by atoms with E-state index in [4.69, 9.17) is 11.6 Å². The fourth-order valence-corrected chi connectivity index (χ4v) is 2.83. The SMILES string of the molecule is Cc1nn(C)cc1[C@@H](C)NC(=O)N(C)[C@@H](C)Cc1ccc(Cl)cc1. The van der Waals surface area contributed by atoms with Crippen molar-refractivity contribution in [2.45, 2.75) is 39.3 Å². The van der Waals surface area contributed by atoms with Crippen LogP contribution < -0.4 is 5.32 Å². The van der Waals surface area contributed by atoms with Crippen LogP contribution in [0.2, 0.25) is 5.02 Å². The van der Waals surface area contributed by atoms with E-state index in [2.05, 4.69) is 10.4 Å². The van der Waals surface area contributed by atoms with Gasteiger partial charge >= 0.3 is 6.03 Å². The van der Waals surface area contributed by atoms with E-state index in [0.717, 1.165) is 28.3 Å². The summed E-state index contributed by atoms with van der Waals surface area (Å²) in [6.07, 6.45) is 2.72. The third-order valence-electron chi connectivity index (χ3n) is 4.28. The minimum Gasteiger partial charge on any atom is -0.331 e. The Bertz CT molecular complexity index is 696. The van der Waals surface area contributed by atoms with E-state index in [1.807, 2.05) is 65.3 Å². The molecule has 2 aromatic rings. The quantitative estimate of drug-likeness (QED) is 0.895. The number of nitrogens with one attached hydrogen (secondary N) is 1. The third kappa shape index (κ3) is 4.51. The maximum absolute atomic E-state index is 12.5. The summed E-state index contributed by atoms with van der Waals surface area (Å²) < 4.78 is 1.76. The molecule has 0 saturated carbocycles. The highest BCUT2D eigenvalue weighted by atomic mass is 35.5. The molecule has 2 atom stereocenters. The predicted octanol–water partition coefficient (Wildman–Crippen LogP) is 3.72. The molecule has 1 heterocycles. The van der Waals surface area contributed by atoms with Gasteiger partial charge in [0.05, 0.1) is 11.7 Å². The summed E-state index contributed by atoms with van der Waals surface area (Å²) in [4.78, 5) is 14.2. The highest BCUT2D eigenvalue weighted by molar-refractivity contribution is 6.30. The Morgan fingerprint density at radius 3 is 2.50 bits per heavy atom. The number of benzene rings is 1. The predicted molar refractivity (Wildman–Crippen MR) is 97.3 cm³/mol. The van der Waals surface area contributed by atoms with Gasteiger partial charge in [0.15, 0.2) is 0 Å². The Kier molecular flexibility index (Phi) is 5.89. The number of likely N-dealkylation sites (N-methyl/N-ethyl adjacent to an activating group) is 1. The number of carbonyl (C=O) groups is 1. The maximum atomic E-state index is 12.5. The lowest BCUT2D eigenvalue weighted by molar-refractivity contribution is 0.190. The first kappa shape index (κ1) is 18.3. The van der Waals surface area contributed by atoms with Crippen molar-refractivity contribution in [3.8, 4) is 0 Å². The fraction of sp³-hybridized carbons (Fsp3) is 0.444. The summed E-state index contributed by atoms with van der Waals surface area (Å²) in [7, 11) is 3.70. The second-order valence-corrected chi connectivity index (χ2v) is 6.74. The third-order valence-corrected chi connectivity index (χ3v) is 4.54. The summed E-state index contributed by atoms with van der Waals surface area (Å²) in [5.74, 6) is 0. The molecule has 0 aliphatic rings. The lowest BCUT2D eigenvalue weighted by Crippen LogP contribution is -2.44. The van der Waals surface area contributed by atoms with Gasteiger partial charge < -0.3 is 10.2 Å². The van der Waals surface area contributed by atoms with E-state index < -0.39 is 0 Å². The van der Waals surface area contributed by atoms with Gasteiger partial charge in [-0.15, -0.1) is 0 Å². The number of urea groups is 1. The molecule has 130 valence electrons. The number of aromatic nitrogens is 2. The second-order valence-electron chi connectivity index (χ2n) is 6.31. The van der Waals surface area contributed by atoms with Crippen molar-refractivity contribution in [2.75, 3.05) is 7.05 Å². The van der Waals surface area contributed by atoms with Gasteiger partial charge in [0, 0.05) is 36.9 Å². The molecule has 2 rings (SSSR count). The fourth-order valence-electron chi connectivity index (χ4n) is 2.71. The largest absolute Gasteiger partial charge is 0.331 e. The molecule has 5 nitrogen and oxygen atoms in total. The average Bonchev–Trinajstić information content (AvgIpc) is 2.87. The van der Waals surface area contributed by atoms with Crippen molar-refractivity contribution < 1.29 is 4.79 Å². The van der Waals surface area contributed by atoms with E-state index in [0.29, 0.717) is 0 Å². The van der Waals surface area contributed by atoms with Crippen LogP contribution in [-0.2, 0) is 13.5 Å². The van der Waals surface area contributed by atoms with Gasteiger partial charge in [0.1, 0.15) is 0 Å². The molecular formula is C18H25ClN4O. The van der Waals surface area contributed by atoms with Crippen molar-refractivity contribution in [3.05, 3.63) is 52.3 Å². The minimum atomic E-state index is -0.0905. The van der Waals surface area contributed by atoms with Gasteiger partial charge in [0.25, 0.3) is 0 Å². The Labute approximate surface area is 148 Å². The lowest BCUT2D eigenvalue weighted by atomic mass is 10.1. The van der Waals surface area contributed by atoms with Crippen LogP contribution in [-0.4, -0.2) is 33.8 Å². The number of amides is 2. The van der Waals surface area contributed by atoms with E-state index in [-0.39, 0.29) is 18.1 Å². The molecule has 0 aliphatic heterocycles. The van der Waals surface area contributed by atoms with Gasteiger partial charge in [-0.05, 0) is 44.9 Å². The van der Waals surface area contributed by atoms with Crippen molar-refractivity contribution >= 4 is 17.6 Å². The van der Waals surface area contributed by atoms with E-state index in [9.17, 15) is 4.79 Å². The topological polar surface area (TPSA) is 50.2 Å². The molecular weight excluding hydrogens is 324 g/mol. The van der Waals surface area contributed by atoms with Crippen LogP contribution in [0.25, 0.3) is 0 Å². The molecule has 2 amide bonds. The number of carbonyl (C=O) groups excluding carboxylic acids is 1. The van der Waals surface area contributed by atoms with Crippen LogP contribution in [0.5, 0.6) is 0 Å². The molecule has 1 aromatic heterocycles. The average molecular weight is 349 g/mol. The molecule has 0 unspecified atom stereocenters. The lowest BCUT2D eigenvalue weighted by Gasteiger charge is -2.27. The number of rotatable bonds is 5. The highest BCUT2D eigenvalue weighted by Crippen LogP contribution is 2.17. The van der Waals surface area contributed by atoms with Gasteiger partial charge in [0.2, 0.25) is 0 Å². The highest BCUT2D eigenvalue weighted by Gasteiger charge is 2.20. The summed E-state index contributed by atoms with van der Waals surface area (Å²) in [5.41, 5.74) is 3.12. The Morgan fingerprint density at radius 2 is 1.96 bits per heavy atom. The second kappa shape index (κ2) is 7.71. The van der Waals surface area contributed by atoms with Crippen molar-refractivity contribution in [1.29, 1.82) is 0 Å². The van der Waals surface area contributed by atoms with Crippen molar-refractivity contribution in [3.63, 3.8) is 0 Å². The van der Waals surface area contributed by atoms with Crippen LogP contribution in [0.15, 0.2) is 30.5 Å². The van der Waals surface area contributed by atoms with Crippen LogP contribution in [0, 0.1) is 6.92 Å². The maximum Gasteiger partial charge on any atom is 0.317 e. The molecule has 0 aliphatic carbocycles. The number of hydrogen-bond acceptors (Lipinski definition) is 2. The van der Waals surface area contributed by atoms with Crippen LogP contribution in [0.3, 0.4) is 0 Å². The number of aryl methyl sites for hydroxylation is 2. The minimum absolute atomic E-state index is 0.0772. The van der Waals surface area contributed by atoms with Gasteiger partial charge in [-0.25, -0.2) is 4.79 Å². The Morgan fingerprint density at radius 1 is 1.33 bits per heavy atom. The molecule has 0 bridgehead atoms. The molecule has 0 spiro atoms. The summed E-state index contributed by atoms with van der Waals surface area (Å²) in [6, 6.07) is 7.63. The van der Waals surface area contributed by atoms with Gasteiger partial charge in [-0.3, -0.25) is 4.68 Å². The number of nitrogens with zero attached hydrogens (tertiary/aromatic N) is 3. The summed E-state index contributed by atoms with van der Waals surface area (Å²) >= 11 is 5.91. The van der Waals surface area contributed by atoms with Crippen LogP contribution in [0.1, 0.15) is 36.7 Å². The standard InChI is InChI=1S/C18H25ClN4O/c1-12(10-15-6-8-16(19)9-7-15)23(5)18(24)20-13(2)17-11-22(4)21-14(17)3/h6-9,11-13H,10H2,1-5H3,(H,20,24)/t12-,13+/m0/s1. The van der Waals surface area contributed by atoms with Crippen molar-refractivity contribution in [2.24, 2.45) is 7.05 Å². The zero-order valence-electron chi connectivity index (χ0n) is 14.9. The monoisotopic (exact) mass is 348 g/mol. The molecule has 24 heavy (non-hydrogen) atoms. The van der Waals surface area contributed by atoms with E-state index in [1.165, 1.54) is 0 Å². The molecule has 0 fully saturated rings. The smallest absolute Gasteiger partial charge is 0.317 e. The van der Waals surface area contributed by atoms with Crippen LogP contribution in [0.4, 0.5) is 4.79 Å². The summed E-state index contributed by atoms with van der Waals surface area (Å²) in [6.45, 7) is 5.96. The zero-order valence-corrected chi connectivity index (χ0v) is 15.6. The first-order valence-electron chi connectivity index (χ1n) is 8.06. The van der Waals surface area contributed by atoms with Crippen molar-refractivity contribution in [1.82, 2.24) is 20.0 Å². The van der Waals surface area contributed by atoms with Gasteiger partial charge in [-0.1, -0.05) is 23.7 Å². The first-order valence-corrected chi connectivity index (χ1v) is 8.43. The molecule has 0 saturated heterocycles. The van der Waals surface area contributed by atoms with E-state index >= 15 is 0 Å². The Hall–Kier alpha value is -2.01. The molecule has 1 N–H and O–H groups in total. The molecule has 0 radical (unpaired) electrons. The first-order chi connectivity index (χ1) is 11.3. The van der Waals surface area contributed by atoms with Gasteiger partial charge in [-0.2, -0.15) is 5.10 Å². The number of hydrogen-bond donors (Lipinski definition) is 1. The van der Waals surface area contributed by atoms with E-state index in [1.54, 1.807) is 9.58 Å². The Balaban J connectivity index is 1.95. The van der Waals surface area contributed by atoms with Crippen LogP contribution >= 0.6 is 11.6 Å². The zero-order chi connectivity index (χ0) is 17.9. The number of halogens is 1. The molecule has 1 aromatic carbocycles. The molecule has 6 heteroatoms. The normalized spacial score (nSPS) is 13.4. The summed E-state index contributed by atoms with van der Waals surface area (Å²) in [5, 5.41) is 8.08.